The van der Waals surface area contributed by atoms with Crippen LogP contribution in [0, 0.1) is 23.7 Å². The topological polar surface area (TPSA) is 0 Å². The van der Waals surface area contributed by atoms with Crippen molar-refractivity contribution in [1.82, 2.24) is 0 Å². The molecule has 0 amide bonds. The summed E-state index contributed by atoms with van der Waals surface area (Å²) in [5.41, 5.74) is 0. The number of hydrogen-bond acceptors (Lipinski definition) is 0. The molecule has 0 atom stereocenters. The Morgan fingerprint density at radius 2 is 0.294 bits per heavy atom. The van der Waals surface area contributed by atoms with Gasteiger partial charge in [-0.15, -0.1) is 0 Å². The standard InChI is InChI=1S/4C4H9.Zn/c4*1-4(2)3;/h4*1-3H3;/q4*-1;. The third-order valence-corrected chi connectivity index (χ3v) is 0. The van der Waals surface area contributed by atoms with Crippen LogP contribution in [-0.2, 0) is 19.5 Å². The Balaban J connectivity index is -0.0000000369. The van der Waals surface area contributed by atoms with Gasteiger partial charge in [0.2, 0.25) is 0 Å². The molecule has 0 aliphatic carbocycles. The van der Waals surface area contributed by atoms with Crippen molar-refractivity contribution in [2.45, 2.75) is 83.1 Å². The molecule has 0 saturated carbocycles. The molecule has 17 heavy (non-hydrogen) atoms. The molecule has 0 bridgehead atoms. The van der Waals surface area contributed by atoms with Gasteiger partial charge in [-0.2, -0.15) is 83.1 Å². The zero-order valence-corrected chi connectivity index (χ0v) is 17.7. The molecular weight excluding hydrogens is 258 g/mol. The maximum atomic E-state index is 2.08. The maximum absolute atomic E-state index is 2.08. The molecule has 0 aliphatic rings. The van der Waals surface area contributed by atoms with Crippen molar-refractivity contribution in [2.24, 2.45) is 0 Å². The van der Waals surface area contributed by atoms with E-state index in [1.54, 1.807) is 0 Å². The quantitative estimate of drug-likeness (QED) is 0.354. The van der Waals surface area contributed by atoms with Crippen LogP contribution in [0.1, 0.15) is 83.1 Å². The molecule has 0 spiro atoms. The molecular formula is C16H36Zn-4. The molecule has 0 saturated heterocycles. The molecule has 0 unspecified atom stereocenters. The third-order valence-electron chi connectivity index (χ3n) is 0. The van der Waals surface area contributed by atoms with Crippen LogP contribution in [0.25, 0.3) is 0 Å². The van der Waals surface area contributed by atoms with Crippen LogP contribution in [-0.4, -0.2) is 0 Å². The van der Waals surface area contributed by atoms with E-state index in [1.165, 1.54) is 23.7 Å². The Bertz CT molecular complexity index is 48.5. The summed E-state index contributed by atoms with van der Waals surface area (Å²) in [5.74, 6) is 5.67. The molecule has 0 rings (SSSR count). The van der Waals surface area contributed by atoms with Gasteiger partial charge in [-0.25, -0.2) is 0 Å². The summed E-state index contributed by atoms with van der Waals surface area (Å²) in [6.45, 7) is 25.0. The van der Waals surface area contributed by atoms with Gasteiger partial charge in [-0.3, -0.25) is 0 Å². The summed E-state index contributed by atoms with van der Waals surface area (Å²) in [6.07, 6.45) is 0. The summed E-state index contributed by atoms with van der Waals surface area (Å²) in [5, 5.41) is 0. The van der Waals surface area contributed by atoms with E-state index in [-0.39, 0.29) is 19.5 Å². The van der Waals surface area contributed by atoms with Crippen LogP contribution in [0.15, 0.2) is 0 Å². The van der Waals surface area contributed by atoms with Crippen molar-refractivity contribution in [3.05, 3.63) is 23.7 Å². The zero-order chi connectivity index (χ0) is 14.3. The molecule has 1 heteroatoms. The Kier molecular flexibility index (Phi) is 45.8. The first-order valence-corrected chi connectivity index (χ1v) is 6.00. The normalized spacial score (nSPS) is 8.47. The fraction of sp³-hybridized carbons (Fsp3) is 0.750. The van der Waals surface area contributed by atoms with Crippen molar-refractivity contribution in [1.29, 1.82) is 0 Å². The fourth-order valence-electron chi connectivity index (χ4n) is 0. The molecule has 0 N–H and O–H groups in total. The SMILES string of the molecule is C[C-](C)C.C[C-](C)C.C[C-](C)C.C[C-](C)C.[Zn]. The van der Waals surface area contributed by atoms with Crippen LogP contribution >= 0.6 is 0 Å². The number of hydrogen-bond donors (Lipinski definition) is 0. The van der Waals surface area contributed by atoms with Gasteiger partial charge in [0.15, 0.2) is 0 Å². The molecule has 0 radical (unpaired) electrons. The van der Waals surface area contributed by atoms with Gasteiger partial charge < -0.3 is 23.7 Å². The van der Waals surface area contributed by atoms with Crippen LogP contribution in [0.4, 0.5) is 0 Å². The van der Waals surface area contributed by atoms with E-state index < -0.39 is 0 Å². The van der Waals surface area contributed by atoms with E-state index in [1.807, 2.05) is 0 Å². The Morgan fingerprint density at radius 3 is 0.294 bits per heavy atom. The Labute approximate surface area is 126 Å². The van der Waals surface area contributed by atoms with E-state index in [9.17, 15) is 0 Å². The van der Waals surface area contributed by atoms with Crippen molar-refractivity contribution < 1.29 is 19.5 Å². The first-order chi connectivity index (χ1) is 6.93. The van der Waals surface area contributed by atoms with E-state index in [0.29, 0.717) is 0 Å². The smallest absolute Gasteiger partial charge is 0 e. The minimum absolute atomic E-state index is 0. The second-order valence-electron chi connectivity index (χ2n) is 6.00. The van der Waals surface area contributed by atoms with Crippen molar-refractivity contribution >= 4 is 0 Å². The van der Waals surface area contributed by atoms with E-state index in [2.05, 4.69) is 83.1 Å². The van der Waals surface area contributed by atoms with Gasteiger partial charge in [0.25, 0.3) is 0 Å². The Morgan fingerprint density at radius 1 is 0.294 bits per heavy atom. The molecule has 0 aromatic rings. The van der Waals surface area contributed by atoms with Gasteiger partial charge in [0.05, 0.1) is 0 Å². The van der Waals surface area contributed by atoms with E-state index in [4.69, 9.17) is 0 Å². The summed E-state index contributed by atoms with van der Waals surface area (Å²) >= 11 is 0. The van der Waals surface area contributed by atoms with E-state index >= 15 is 0 Å². The van der Waals surface area contributed by atoms with Crippen LogP contribution in [0.2, 0.25) is 0 Å². The van der Waals surface area contributed by atoms with Crippen molar-refractivity contribution in [3.63, 3.8) is 0 Å². The Hall–Kier alpha value is 0.623. The summed E-state index contributed by atoms with van der Waals surface area (Å²) in [7, 11) is 0. The van der Waals surface area contributed by atoms with Gasteiger partial charge in [-0.1, -0.05) is 0 Å². The predicted octanol–water partition coefficient (Wildman–Crippen LogP) is 6.48. The van der Waals surface area contributed by atoms with Gasteiger partial charge >= 0.3 is 0 Å². The minimum Gasteiger partial charge on any atom is -0.323 e. The summed E-state index contributed by atoms with van der Waals surface area (Å²) in [4.78, 5) is 0. The van der Waals surface area contributed by atoms with Crippen LogP contribution in [0.3, 0.4) is 0 Å². The molecule has 0 aromatic carbocycles. The van der Waals surface area contributed by atoms with Gasteiger partial charge in [0, 0.05) is 19.5 Å². The second kappa shape index (κ2) is 25.5. The predicted molar refractivity (Wildman–Crippen MR) is 81.1 cm³/mol. The molecule has 0 nitrogen and oxygen atoms in total. The van der Waals surface area contributed by atoms with Crippen LogP contribution in [0.5, 0.6) is 0 Å². The average molecular weight is 294 g/mol. The first-order valence-electron chi connectivity index (χ1n) is 6.00. The molecule has 0 fully saturated rings. The van der Waals surface area contributed by atoms with Gasteiger partial charge in [-0.05, 0) is 0 Å². The average Bonchev–Trinajstić information content (AvgIpc) is 1.76. The maximum Gasteiger partial charge on any atom is 0 e. The zero-order valence-electron chi connectivity index (χ0n) is 14.7. The fourth-order valence-corrected chi connectivity index (χ4v) is 0. The molecule has 0 heterocycles. The van der Waals surface area contributed by atoms with Crippen LogP contribution < -0.4 is 0 Å². The molecule has 106 valence electrons. The van der Waals surface area contributed by atoms with Crippen molar-refractivity contribution in [2.75, 3.05) is 0 Å². The summed E-state index contributed by atoms with van der Waals surface area (Å²) in [6, 6.07) is 0. The van der Waals surface area contributed by atoms with Crippen molar-refractivity contribution in [3.8, 4) is 0 Å². The first kappa shape index (κ1) is 30.6. The molecule has 0 aromatic heterocycles. The second-order valence-corrected chi connectivity index (χ2v) is 6.00. The largest absolute Gasteiger partial charge is 0.323 e. The van der Waals surface area contributed by atoms with Gasteiger partial charge in [0.1, 0.15) is 0 Å². The molecule has 0 aliphatic heterocycles. The third kappa shape index (κ3) is 9150. The minimum atomic E-state index is 0. The van der Waals surface area contributed by atoms with E-state index in [0.717, 1.165) is 0 Å². The number of rotatable bonds is 0. The monoisotopic (exact) mass is 292 g/mol. The summed E-state index contributed by atoms with van der Waals surface area (Å²) < 4.78 is 0.